The van der Waals surface area contributed by atoms with Gasteiger partial charge >= 0.3 is 0 Å². The second-order valence-electron chi connectivity index (χ2n) is 6.17. The van der Waals surface area contributed by atoms with E-state index < -0.39 is 10.0 Å². The first-order valence-corrected chi connectivity index (χ1v) is 10.1. The second-order valence-corrected chi connectivity index (χ2v) is 8.48. The molecule has 1 aliphatic rings. The molecule has 0 N–H and O–H groups in total. The molecule has 0 unspecified atom stereocenters. The van der Waals surface area contributed by atoms with E-state index in [2.05, 4.69) is 0 Å². The van der Waals surface area contributed by atoms with Crippen LogP contribution in [0.15, 0.2) is 48.5 Å². The molecule has 0 bridgehead atoms. The molecule has 7 heteroatoms. The van der Waals surface area contributed by atoms with Crippen LogP contribution in [0, 0.1) is 0 Å². The minimum Gasteiger partial charge on any atom is -0.307 e. The summed E-state index contributed by atoms with van der Waals surface area (Å²) in [5, 5.41) is 0.288. The smallest absolute Gasteiger partial charge is 0.248 e. The summed E-state index contributed by atoms with van der Waals surface area (Å²) in [5.74, 6) is -0.275. The lowest BCUT2D eigenvalue weighted by atomic mass is 10.1. The maximum Gasteiger partial charge on any atom is 0.248 e. The molecule has 0 aromatic heterocycles. The summed E-state index contributed by atoms with van der Waals surface area (Å²) in [5.41, 5.74) is 2.24. The highest BCUT2D eigenvalue weighted by Crippen LogP contribution is 2.33. The lowest BCUT2D eigenvalue weighted by molar-refractivity contribution is -0.117. The van der Waals surface area contributed by atoms with Gasteiger partial charge in [-0.3, -0.25) is 9.10 Å². The summed E-state index contributed by atoms with van der Waals surface area (Å²) >= 11 is 6.15. The molecule has 0 radical (unpaired) electrons. The van der Waals surface area contributed by atoms with Gasteiger partial charge in [0, 0.05) is 11.7 Å². The van der Waals surface area contributed by atoms with E-state index in [1.807, 2.05) is 31.2 Å². The fraction of sp³-hybridized carbons (Fsp3) is 0.278. The Balaban J connectivity index is 1.94. The first-order valence-electron chi connectivity index (χ1n) is 7.91. The highest BCUT2D eigenvalue weighted by Gasteiger charge is 2.33. The molecule has 0 aliphatic carbocycles. The Morgan fingerprint density at radius 3 is 2.52 bits per heavy atom. The topological polar surface area (TPSA) is 57.7 Å². The van der Waals surface area contributed by atoms with Crippen molar-refractivity contribution >= 4 is 38.9 Å². The van der Waals surface area contributed by atoms with E-state index in [0.717, 1.165) is 28.2 Å². The largest absolute Gasteiger partial charge is 0.307 e. The lowest BCUT2D eigenvalue weighted by Gasteiger charge is -2.28. The number of rotatable bonds is 4. The molecule has 25 heavy (non-hydrogen) atoms. The number of para-hydroxylation sites is 2. The first-order chi connectivity index (χ1) is 11.8. The quantitative estimate of drug-likeness (QED) is 0.821. The van der Waals surface area contributed by atoms with Gasteiger partial charge in [-0.25, -0.2) is 8.42 Å². The van der Waals surface area contributed by atoms with Crippen LogP contribution in [0.5, 0.6) is 0 Å². The van der Waals surface area contributed by atoms with Crippen LogP contribution in [0.3, 0.4) is 0 Å². The fourth-order valence-electron chi connectivity index (χ4n) is 3.18. The highest BCUT2D eigenvalue weighted by molar-refractivity contribution is 7.92. The van der Waals surface area contributed by atoms with Gasteiger partial charge in [0.15, 0.2) is 0 Å². The Hall–Kier alpha value is -2.05. The Kier molecular flexibility index (Phi) is 4.75. The summed E-state index contributed by atoms with van der Waals surface area (Å²) < 4.78 is 25.6. The van der Waals surface area contributed by atoms with Crippen molar-refractivity contribution in [1.82, 2.24) is 0 Å². The first kappa shape index (κ1) is 17.8. The standard InChI is InChI=1S/C18H19ClN2O3S/c1-13-11-14-7-3-5-9-16(14)21(13)18(22)12-20(25(2,23)24)17-10-6-4-8-15(17)19/h3-10,13H,11-12H2,1-2H3/t13-/m0/s1. The maximum atomic E-state index is 12.9. The number of hydrogen-bond acceptors (Lipinski definition) is 3. The molecule has 1 amide bonds. The monoisotopic (exact) mass is 378 g/mol. The Morgan fingerprint density at radius 1 is 1.20 bits per heavy atom. The number of benzene rings is 2. The SMILES string of the molecule is C[C@H]1Cc2ccccc2N1C(=O)CN(c1ccccc1Cl)S(C)(=O)=O. The number of hydrogen-bond donors (Lipinski definition) is 0. The van der Waals surface area contributed by atoms with Crippen LogP contribution in [0.1, 0.15) is 12.5 Å². The van der Waals surface area contributed by atoms with E-state index in [0.29, 0.717) is 5.69 Å². The highest BCUT2D eigenvalue weighted by atomic mass is 35.5. The van der Waals surface area contributed by atoms with Gasteiger partial charge in [-0.05, 0) is 37.1 Å². The van der Waals surface area contributed by atoms with Gasteiger partial charge < -0.3 is 4.90 Å². The minimum atomic E-state index is -3.66. The molecule has 2 aromatic carbocycles. The van der Waals surface area contributed by atoms with Gasteiger partial charge in [0.2, 0.25) is 15.9 Å². The summed E-state index contributed by atoms with van der Waals surface area (Å²) in [6.45, 7) is 1.67. The summed E-state index contributed by atoms with van der Waals surface area (Å²) in [6, 6.07) is 14.3. The van der Waals surface area contributed by atoms with Gasteiger partial charge in [0.05, 0.1) is 17.0 Å². The van der Waals surface area contributed by atoms with E-state index in [1.54, 1.807) is 29.2 Å². The van der Waals surface area contributed by atoms with Gasteiger partial charge in [0.1, 0.15) is 6.54 Å². The van der Waals surface area contributed by atoms with E-state index in [9.17, 15) is 13.2 Å². The molecule has 5 nitrogen and oxygen atoms in total. The number of halogens is 1. The van der Waals surface area contributed by atoms with Crippen LogP contribution in [-0.2, 0) is 21.2 Å². The van der Waals surface area contributed by atoms with Crippen molar-refractivity contribution in [3.05, 3.63) is 59.1 Å². The number of anilines is 2. The zero-order valence-electron chi connectivity index (χ0n) is 14.0. The van der Waals surface area contributed by atoms with Crippen LogP contribution in [0.4, 0.5) is 11.4 Å². The normalized spacial score (nSPS) is 16.6. The van der Waals surface area contributed by atoms with Crippen molar-refractivity contribution in [3.8, 4) is 0 Å². The van der Waals surface area contributed by atoms with Crippen molar-refractivity contribution in [2.24, 2.45) is 0 Å². The van der Waals surface area contributed by atoms with Gasteiger partial charge in [-0.15, -0.1) is 0 Å². The van der Waals surface area contributed by atoms with E-state index in [1.165, 1.54) is 0 Å². The van der Waals surface area contributed by atoms with E-state index in [4.69, 9.17) is 11.6 Å². The molecule has 0 saturated carbocycles. The number of sulfonamides is 1. The zero-order chi connectivity index (χ0) is 18.2. The van der Waals surface area contributed by atoms with Crippen molar-refractivity contribution in [3.63, 3.8) is 0 Å². The maximum absolute atomic E-state index is 12.9. The van der Waals surface area contributed by atoms with Crippen molar-refractivity contribution in [2.75, 3.05) is 22.0 Å². The van der Waals surface area contributed by atoms with Crippen molar-refractivity contribution < 1.29 is 13.2 Å². The van der Waals surface area contributed by atoms with Crippen LogP contribution >= 0.6 is 11.6 Å². The molecule has 0 saturated heterocycles. The van der Waals surface area contributed by atoms with Crippen LogP contribution in [0.2, 0.25) is 5.02 Å². The van der Waals surface area contributed by atoms with Gasteiger partial charge in [0.25, 0.3) is 0 Å². The van der Waals surface area contributed by atoms with E-state index in [-0.39, 0.29) is 23.5 Å². The summed E-state index contributed by atoms with van der Waals surface area (Å²) in [6.07, 6.45) is 1.83. The van der Waals surface area contributed by atoms with Crippen LogP contribution in [-0.4, -0.2) is 33.2 Å². The summed E-state index contributed by atoms with van der Waals surface area (Å²) in [4.78, 5) is 14.6. The second kappa shape index (κ2) is 6.69. The Bertz CT molecular complexity index is 914. The molecule has 0 fully saturated rings. The van der Waals surface area contributed by atoms with Gasteiger partial charge in [-0.1, -0.05) is 41.9 Å². The number of fused-ring (bicyclic) bond motifs is 1. The number of nitrogens with zero attached hydrogens (tertiary/aromatic N) is 2. The molecule has 0 spiro atoms. The Morgan fingerprint density at radius 2 is 1.84 bits per heavy atom. The molecule has 1 atom stereocenters. The van der Waals surface area contributed by atoms with Crippen molar-refractivity contribution in [1.29, 1.82) is 0 Å². The zero-order valence-corrected chi connectivity index (χ0v) is 15.6. The minimum absolute atomic E-state index is 0.0162. The van der Waals surface area contributed by atoms with Crippen LogP contribution in [0.25, 0.3) is 0 Å². The third-order valence-electron chi connectivity index (χ3n) is 4.28. The molecule has 132 valence electrons. The predicted octanol–water partition coefficient (Wildman–Crippen LogP) is 3.08. The van der Waals surface area contributed by atoms with E-state index >= 15 is 0 Å². The number of carbonyl (C=O) groups excluding carboxylic acids is 1. The average molecular weight is 379 g/mol. The number of carbonyl (C=O) groups is 1. The third-order valence-corrected chi connectivity index (χ3v) is 5.72. The average Bonchev–Trinajstić information content (AvgIpc) is 2.88. The molecular formula is C18H19ClN2O3S. The summed E-state index contributed by atoms with van der Waals surface area (Å²) in [7, 11) is -3.66. The number of amides is 1. The molecule has 3 rings (SSSR count). The molecular weight excluding hydrogens is 360 g/mol. The van der Waals surface area contributed by atoms with Crippen molar-refractivity contribution in [2.45, 2.75) is 19.4 Å². The third kappa shape index (κ3) is 3.50. The lowest BCUT2D eigenvalue weighted by Crippen LogP contribution is -2.45. The Labute approximate surface area is 152 Å². The molecule has 2 aromatic rings. The molecule has 1 heterocycles. The fourth-order valence-corrected chi connectivity index (χ4v) is 4.33. The van der Waals surface area contributed by atoms with Crippen LogP contribution < -0.4 is 9.21 Å². The molecule has 1 aliphatic heterocycles. The predicted molar refractivity (Wildman–Crippen MR) is 101 cm³/mol. The van der Waals surface area contributed by atoms with Gasteiger partial charge in [-0.2, -0.15) is 0 Å².